The molecule has 0 radical (unpaired) electrons. The molecule has 76 valence electrons. The summed E-state index contributed by atoms with van der Waals surface area (Å²) in [4.78, 5) is 3.94. The lowest BCUT2D eigenvalue weighted by Gasteiger charge is -1.94. The number of thiocarbonyl (C=S) groups is 1. The van der Waals surface area contributed by atoms with Crippen molar-refractivity contribution in [1.29, 1.82) is 0 Å². The fourth-order valence-electron chi connectivity index (χ4n) is 1.85. The van der Waals surface area contributed by atoms with Crippen LogP contribution in [0.15, 0.2) is 35.5 Å². The van der Waals surface area contributed by atoms with Gasteiger partial charge in [0.05, 0.1) is 11.7 Å². The van der Waals surface area contributed by atoms with Crippen LogP contribution in [0.5, 0.6) is 0 Å². The number of aliphatic imine (C=N–C) groups is 1. The molecule has 1 aromatic carbocycles. The molecule has 0 bridgehead atoms. The second kappa shape index (κ2) is 4.39. The van der Waals surface area contributed by atoms with E-state index in [-0.39, 0.29) is 0 Å². The monoisotopic (exact) mass is 216 g/mol. The van der Waals surface area contributed by atoms with Gasteiger partial charge in [0.1, 0.15) is 0 Å². The molecule has 0 amide bonds. The van der Waals surface area contributed by atoms with Crippen LogP contribution in [-0.4, -0.2) is 16.3 Å². The molecule has 0 N–H and O–H groups in total. The molecule has 0 aliphatic rings. The van der Waals surface area contributed by atoms with Crippen molar-refractivity contribution < 1.29 is 0 Å². The lowest BCUT2D eigenvalue weighted by atomic mass is 10.1. The van der Waals surface area contributed by atoms with E-state index in [1.165, 1.54) is 16.5 Å². The number of isothiocyanates is 1. The summed E-state index contributed by atoms with van der Waals surface area (Å²) in [6.07, 6.45) is 3.08. The summed E-state index contributed by atoms with van der Waals surface area (Å²) >= 11 is 4.55. The van der Waals surface area contributed by atoms with E-state index in [0.717, 1.165) is 13.0 Å². The number of benzene rings is 1. The third-order valence-electron chi connectivity index (χ3n) is 2.54. The van der Waals surface area contributed by atoms with Crippen LogP contribution >= 0.6 is 12.2 Å². The van der Waals surface area contributed by atoms with Gasteiger partial charge in [0, 0.05) is 24.1 Å². The summed E-state index contributed by atoms with van der Waals surface area (Å²) in [7, 11) is 2.06. The first kappa shape index (κ1) is 10.1. The van der Waals surface area contributed by atoms with E-state index in [1.54, 1.807) is 0 Å². The van der Waals surface area contributed by atoms with Crippen LogP contribution in [-0.2, 0) is 13.5 Å². The number of nitrogens with zero attached hydrogens (tertiary/aromatic N) is 2. The second-order valence-electron chi connectivity index (χ2n) is 3.51. The number of fused-ring (bicyclic) bond motifs is 1. The van der Waals surface area contributed by atoms with E-state index >= 15 is 0 Å². The number of aryl methyl sites for hydroxylation is 1. The van der Waals surface area contributed by atoms with Crippen molar-refractivity contribution in [3.8, 4) is 0 Å². The van der Waals surface area contributed by atoms with Gasteiger partial charge in [-0.15, -0.1) is 0 Å². The first-order valence-corrected chi connectivity index (χ1v) is 5.30. The minimum Gasteiger partial charge on any atom is -0.350 e. The average Bonchev–Trinajstić information content (AvgIpc) is 2.58. The number of hydrogen-bond donors (Lipinski definition) is 0. The van der Waals surface area contributed by atoms with Crippen molar-refractivity contribution in [2.24, 2.45) is 12.0 Å². The molecule has 0 atom stereocenters. The van der Waals surface area contributed by atoms with Crippen LogP contribution in [0.2, 0.25) is 0 Å². The maximum Gasteiger partial charge on any atom is 0.0585 e. The normalized spacial score (nSPS) is 10.2. The molecule has 0 spiro atoms. The quantitative estimate of drug-likeness (QED) is 0.569. The Morgan fingerprint density at radius 2 is 2.20 bits per heavy atom. The Bertz CT molecular complexity index is 521. The highest BCUT2D eigenvalue weighted by Crippen LogP contribution is 2.20. The van der Waals surface area contributed by atoms with E-state index in [1.807, 2.05) is 0 Å². The molecule has 2 rings (SSSR count). The molecule has 2 nitrogen and oxygen atoms in total. The van der Waals surface area contributed by atoms with Gasteiger partial charge < -0.3 is 4.57 Å². The number of para-hydroxylation sites is 1. The number of rotatable bonds is 3. The van der Waals surface area contributed by atoms with E-state index in [2.05, 4.69) is 64.4 Å². The molecule has 0 saturated heterocycles. The highest BCUT2D eigenvalue weighted by atomic mass is 32.1. The van der Waals surface area contributed by atoms with Crippen LogP contribution in [0.3, 0.4) is 0 Å². The van der Waals surface area contributed by atoms with Crippen molar-refractivity contribution in [3.63, 3.8) is 0 Å². The molecule has 15 heavy (non-hydrogen) atoms. The third kappa shape index (κ3) is 1.99. The summed E-state index contributed by atoms with van der Waals surface area (Å²) in [6, 6.07) is 8.39. The topological polar surface area (TPSA) is 17.3 Å². The number of aromatic nitrogens is 1. The Kier molecular flexibility index (Phi) is 2.95. The molecule has 0 saturated carbocycles. The fraction of sp³-hybridized carbons (Fsp3) is 0.250. The predicted octanol–water partition coefficient (Wildman–Crippen LogP) is 2.82. The molecule has 0 aliphatic carbocycles. The predicted molar refractivity (Wildman–Crippen MR) is 66.5 cm³/mol. The van der Waals surface area contributed by atoms with Gasteiger partial charge in [-0.05, 0) is 30.3 Å². The van der Waals surface area contributed by atoms with E-state index in [0.29, 0.717) is 0 Å². The Hall–Kier alpha value is -1.44. The van der Waals surface area contributed by atoms with E-state index in [4.69, 9.17) is 0 Å². The Morgan fingerprint density at radius 1 is 1.40 bits per heavy atom. The van der Waals surface area contributed by atoms with Crippen LogP contribution < -0.4 is 0 Å². The molecule has 1 aromatic heterocycles. The minimum absolute atomic E-state index is 0.720. The molecule has 2 aromatic rings. The standard InChI is InChI=1S/C12H12N2S/c1-14-8-10(6-7-13-9-15)11-4-2-3-5-12(11)14/h2-5,8H,6-7H2,1H3. The van der Waals surface area contributed by atoms with E-state index < -0.39 is 0 Å². The Balaban J connectivity index is 2.39. The van der Waals surface area contributed by atoms with Crippen molar-refractivity contribution in [2.45, 2.75) is 6.42 Å². The maximum atomic E-state index is 4.55. The smallest absolute Gasteiger partial charge is 0.0585 e. The van der Waals surface area contributed by atoms with Gasteiger partial charge in [0.15, 0.2) is 0 Å². The van der Waals surface area contributed by atoms with Crippen molar-refractivity contribution in [1.82, 2.24) is 4.57 Å². The van der Waals surface area contributed by atoms with Gasteiger partial charge in [0.25, 0.3) is 0 Å². The second-order valence-corrected chi connectivity index (χ2v) is 3.69. The SMILES string of the molecule is Cn1cc(CCN=C=S)c2ccccc21. The van der Waals surface area contributed by atoms with Crippen molar-refractivity contribution >= 4 is 28.3 Å². The molecule has 1 heterocycles. The summed E-state index contributed by atoms with van der Waals surface area (Å²) in [5, 5.41) is 3.70. The van der Waals surface area contributed by atoms with Crippen LogP contribution in [0, 0.1) is 0 Å². The summed E-state index contributed by atoms with van der Waals surface area (Å²) in [5.41, 5.74) is 2.58. The van der Waals surface area contributed by atoms with Gasteiger partial charge in [-0.1, -0.05) is 18.2 Å². The Labute approximate surface area is 94.2 Å². The summed E-state index contributed by atoms with van der Waals surface area (Å²) in [6.45, 7) is 0.720. The largest absolute Gasteiger partial charge is 0.350 e. The van der Waals surface area contributed by atoms with Crippen LogP contribution in [0.1, 0.15) is 5.56 Å². The van der Waals surface area contributed by atoms with Gasteiger partial charge in [-0.2, -0.15) is 0 Å². The lowest BCUT2D eigenvalue weighted by Crippen LogP contribution is -1.87. The molecular formula is C12H12N2S. The molecule has 0 unspecified atom stereocenters. The highest BCUT2D eigenvalue weighted by molar-refractivity contribution is 7.78. The van der Waals surface area contributed by atoms with Gasteiger partial charge in [-0.25, -0.2) is 4.99 Å². The zero-order chi connectivity index (χ0) is 10.7. The first-order valence-electron chi connectivity index (χ1n) is 4.89. The molecular weight excluding hydrogens is 204 g/mol. The number of hydrogen-bond acceptors (Lipinski definition) is 2. The van der Waals surface area contributed by atoms with Gasteiger partial charge in [-0.3, -0.25) is 0 Å². The lowest BCUT2D eigenvalue weighted by molar-refractivity contribution is 0.932. The zero-order valence-corrected chi connectivity index (χ0v) is 9.42. The first-order chi connectivity index (χ1) is 7.33. The van der Waals surface area contributed by atoms with Crippen LogP contribution in [0.4, 0.5) is 0 Å². The summed E-state index contributed by atoms with van der Waals surface area (Å²) < 4.78 is 2.14. The van der Waals surface area contributed by atoms with Crippen molar-refractivity contribution in [3.05, 3.63) is 36.0 Å². The molecule has 3 heteroatoms. The van der Waals surface area contributed by atoms with Gasteiger partial charge >= 0.3 is 0 Å². The van der Waals surface area contributed by atoms with E-state index in [9.17, 15) is 0 Å². The third-order valence-corrected chi connectivity index (χ3v) is 2.67. The van der Waals surface area contributed by atoms with Crippen molar-refractivity contribution in [2.75, 3.05) is 6.54 Å². The van der Waals surface area contributed by atoms with Gasteiger partial charge in [0.2, 0.25) is 0 Å². The maximum absolute atomic E-state index is 4.55. The average molecular weight is 216 g/mol. The zero-order valence-electron chi connectivity index (χ0n) is 8.60. The molecule has 0 aliphatic heterocycles. The minimum atomic E-state index is 0.720. The van der Waals surface area contributed by atoms with Crippen LogP contribution in [0.25, 0.3) is 10.9 Å². The highest BCUT2D eigenvalue weighted by Gasteiger charge is 2.04. The molecule has 0 fully saturated rings. The fourth-order valence-corrected chi connectivity index (χ4v) is 1.94. The Morgan fingerprint density at radius 3 is 3.00 bits per heavy atom. The summed E-state index contributed by atoms with van der Waals surface area (Å²) in [5.74, 6) is 0.